The Morgan fingerprint density at radius 1 is 1.40 bits per heavy atom. The monoisotopic (exact) mass is 223 g/mol. The van der Waals surface area contributed by atoms with Crippen LogP contribution in [0.3, 0.4) is 0 Å². The Bertz CT molecular complexity index is 314. The molecule has 0 spiro atoms. The van der Waals surface area contributed by atoms with Crippen molar-refractivity contribution in [3.05, 3.63) is 17.5 Å². The summed E-state index contributed by atoms with van der Waals surface area (Å²) in [4.78, 5) is 8.73. The molecule has 1 aromatic heterocycles. The average molecular weight is 223 g/mol. The molecule has 1 aliphatic rings. The molecule has 1 aliphatic heterocycles. The van der Waals surface area contributed by atoms with Crippen LogP contribution in [-0.4, -0.2) is 28.0 Å². The summed E-state index contributed by atoms with van der Waals surface area (Å²) in [5.74, 6) is 4.15. The minimum atomic E-state index is 0.782. The summed E-state index contributed by atoms with van der Waals surface area (Å²) in [5.41, 5.74) is 2.07. The lowest BCUT2D eigenvalue weighted by atomic mass is 10.1. The van der Waals surface area contributed by atoms with Crippen LogP contribution in [-0.2, 0) is 0 Å². The molecular formula is C11H17N3S. The maximum absolute atomic E-state index is 4.37. The summed E-state index contributed by atoms with van der Waals surface area (Å²) < 4.78 is 0. The van der Waals surface area contributed by atoms with E-state index in [9.17, 15) is 0 Å². The molecule has 1 unspecified atom stereocenters. The Labute approximate surface area is 95.1 Å². The second-order valence-corrected chi connectivity index (χ2v) is 5.23. The number of nitrogens with zero attached hydrogens (tertiary/aromatic N) is 2. The molecule has 1 saturated heterocycles. The van der Waals surface area contributed by atoms with Crippen molar-refractivity contribution >= 4 is 17.7 Å². The van der Waals surface area contributed by atoms with Crippen molar-refractivity contribution < 1.29 is 0 Å². The molecule has 3 nitrogen and oxygen atoms in total. The first-order valence-corrected chi connectivity index (χ1v) is 6.53. The molecule has 1 fully saturated rings. The first-order chi connectivity index (χ1) is 7.24. The van der Waals surface area contributed by atoms with E-state index >= 15 is 0 Å². The Morgan fingerprint density at radius 3 is 2.73 bits per heavy atom. The highest BCUT2D eigenvalue weighted by molar-refractivity contribution is 7.99. The predicted octanol–water partition coefficient (Wildman–Crippen LogP) is 2.26. The van der Waals surface area contributed by atoms with Gasteiger partial charge < -0.3 is 5.32 Å². The number of nitrogens with one attached hydrogen (secondary N) is 1. The van der Waals surface area contributed by atoms with Gasteiger partial charge in [-0.3, -0.25) is 0 Å². The fourth-order valence-electron chi connectivity index (χ4n) is 1.78. The number of thioether (sulfide) groups is 1. The van der Waals surface area contributed by atoms with Crippen molar-refractivity contribution in [2.75, 3.05) is 23.4 Å². The Balaban J connectivity index is 1.92. The second-order valence-electron chi connectivity index (χ2n) is 4.08. The van der Waals surface area contributed by atoms with Crippen molar-refractivity contribution in [2.24, 2.45) is 5.92 Å². The van der Waals surface area contributed by atoms with E-state index < -0.39 is 0 Å². The largest absolute Gasteiger partial charge is 0.354 e. The standard InChI is InChI=1S/C11H17N3S/c1-8-5-9(2)14-11(13-8)12-6-10-3-4-15-7-10/h5,10H,3-4,6-7H2,1-2H3,(H,12,13,14). The zero-order valence-corrected chi connectivity index (χ0v) is 10.1. The number of anilines is 1. The fourth-order valence-corrected chi connectivity index (χ4v) is 3.07. The maximum atomic E-state index is 4.37. The SMILES string of the molecule is Cc1cc(C)nc(NCC2CCSC2)n1. The first-order valence-electron chi connectivity index (χ1n) is 5.38. The molecule has 1 aromatic rings. The van der Waals surface area contributed by atoms with Crippen LogP contribution in [0.5, 0.6) is 0 Å². The molecule has 0 aliphatic carbocycles. The zero-order chi connectivity index (χ0) is 10.7. The van der Waals surface area contributed by atoms with Gasteiger partial charge in [-0.25, -0.2) is 9.97 Å². The van der Waals surface area contributed by atoms with Gasteiger partial charge in [-0.15, -0.1) is 0 Å². The number of hydrogen-bond acceptors (Lipinski definition) is 4. The average Bonchev–Trinajstić information content (AvgIpc) is 2.65. The minimum absolute atomic E-state index is 0.782. The number of hydrogen-bond donors (Lipinski definition) is 1. The lowest BCUT2D eigenvalue weighted by Crippen LogP contribution is -2.15. The van der Waals surface area contributed by atoms with Crippen LogP contribution in [0.1, 0.15) is 17.8 Å². The summed E-state index contributed by atoms with van der Waals surface area (Å²) in [6.45, 7) is 5.02. The van der Waals surface area contributed by atoms with E-state index in [1.165, 1.54) is 17.9 Å². The highest BCUT2D eigenvalue weighted by Gasteiger charge is 2.15. The van der Waals surface area contributed by atoms with E-state index in [4.69, 9.17) is 0 Å². The molecule has 0 saturated carbocycles. The van der Waals surface area contributed by atoms with Gasteiger partial charge in [-0.1, -0.05) is 0 Å². The highest BCUT2D eigenvalue weighted by Crippen LogP contribution is 2.23. The third kappa shape index (κ3) is 3.09. The van der Waals surface area contributed by atoms with Crippen LogP contribution in [0.15, 0.2) is 6.07 Å². The van der Waals surface area contributed by atoms with Crippen molar-refractivity contribution in [1.82, 2.24) is 9.97 Å². The molecule has 0 radical (unpaired) electrons. The van der Waals surface area contributed by atoms with Gasteiger partial charge >= 0.3 is 0 Å². The third-order valence-electron chi connectivity index (χ3n) is 2.56. The smallest absolute Gasteiger partial charge is 0.223 e. The molecule has 1 N–H and O–H groups in total. The van der Waals surface area contributed by atoms with E-state index in [1.54, 1.807) is 0 Å². The van der Waals surface area contributed by atoms with Crippen LogP contribution >= 0.6 is 11.8 Å². The van der Waals surface area contributed by atoms with E-state index in [0.717, 1.165) is 29.8 Å². The normalized spacial score (nSPS) is 20.5. The molecule has 1 atom stereocenters. The number of aryl methyl sites for hydroxylation is 2. The van der Waals surface area contributed by atoms with Gasteiger partial charge in [-0.2, -0.15) is 11.8 Å². The van der Waals surface area contributed by atoms with Gasteiger partial charge in [-0.05, 0) is 43.8 Å². The van der Waals surface area contributed by atoms with Crippen LogP contribution in [0, 0.1) is 19.8 Å². The van der Waals surface area contributed by atoms with Crippen LogP contribution in [0.2, 0.25) is 0 Å². The van der Waals surface area contributed by atoms with Crippen molar-refractivity contribution in [2.45, 2.75) is 20.3 Å². The molecule has 0 aromatic carbocycles. The second kappa shape index (κ2) is 4.84. The summed E-state index contributed by atoms with van der Waals surface area (Å²) in [6.07, 6.45) is 1.32. The van der Waals surface area contributed by atoms with Gasteiger partial charge in [0.25, 0.3) is 0 Å². The summed E-state index contributed by atoms with van der Waals surface area (Å²) in [5, 5.41) is 3.33. The lowest BCUT2D eigenvalue weighted by molar-refractivity contribution is 0.628. The Morgan fingerprint density at radius 2 is 2.13 bits per heavy atom. The highest BCUT2D eigenvalue weighted by atomic mass is 32.2. The fraction of sp³-hybridized carbons (Fsp3) is 0.636. The summed E-state index contributed by atoms with van der Waals surface area (Å²) in [7, 11) is 0. The quantitative estimate of drug-likeness (QED) is 0.853. The molecule has 0 bridgehead atoms. The van der Waals surface area contributed by atoms with Gasteiger partial charge in [0.05, 0.1) is 0 Å². The van der Waals surface area contributed by atoms with Gasteiger partial charge in [0.1, 0.15) is 0 Å². The maximum Gasteiger partial charge on any atom is 0.223 e. The lowest BCUT2D eigenvalue weighted by Gasteiger charge is -2.10. The molecule has 2 heterocycles. The van der Waals surface area contributed by atoms with Crippen LogP contribution in [0.25, 0.3) is 0 Å². The Kier molecular flexibility index (Phi) is 3.46. The van der Waals surface area contributed by atoms with Crippen LogP contribution in [0.4, 0.5) is 5.95 Å². The predicted molar refractivity (Wildman–Crippen MR) is 65.4 cm³/mol. The van der Waals surface area contributed by atoms with Gasteiger partial charge in [0, 0.05) is 17.9 Å². The molecular weight excluding hydrogens is 206 g/mol. The topological polar surface area (TPSA) is 37.8 Å². The van der Waals surface area contributed by atoms with E-state index in [-0.39, 0.29) is 0 Å². The zero-order valence-electron chi connectivity index (χ0n) is 9.29. The summed E-state index contributed by atoms with van der Waals surface area (Å²) >= 11 is 2.04. The number of aromatic nitrogens is 2. The molecule has 15 heavy (non-hydrogen) atoms. The van der Waals surface area contributed by atoms with Gasteiger partial charge in [0.2, 0.25) is 5.95 Å². The number of rotatable bonds is 3. The van der Waals surface area contributed by atoms with Crippen LogP contribution < -0.4 is 5.32 Å². The Hall–Kier alpha value is -0.770. The van der Waals surface area contributed by atoms with Crippen molar-refractivity contribution in [3.63, 3.8) is 0 Å². The van der Waals surface area contributed by atoms with E-state index in [1.807, 2.05) is 31.7 Å². The molecule has 82 valence electrons. The van der Waals surface area contributed by atoms with E-state index in [2.05, 4.69) is 15.3 Å². The first kappa shape index (κ1) is 10.7. The van der Waals surface area contributed by atoms with Crippen molar-refractivity contribution in [1.29, 1.82) is 0 Å². The van der Waals surface area contributed by atoms with E-state index in [0.29, 0.717) is 0 Å². The molecule has 4 heteroatoms. The summed E-state index contributed by atoms with van der Waals surface area (Å²) in [6, 6.07) is 2.00. The molecule has 2 rings (SSSR count). The van der Waals surface area contributed by atoms with Gasteiger partial charge in [0.15, 0.2) is 0 Å². The van der Waals surface area contributed by atoms with Crippen molar-refractivity contribution in [3.8, 4) is 0 Å². The molecule has 0 amide bonds. The third-order valence-corrected chi connectivity index (χ3v) is 3.79. The minimum Gasteiger partial charge on any atom is -0.354 e.